The number of rotatable bonds is 4. The first-order valence-electron chi connectivity index (χ1n) is 9.82. The third kappa shape index (κ3) is 3.48. The number of ether oxygens (including phenoxy) is 1. The maximum atomic E-state index is 13.2. The molecule has 2 aromatic carbocycles. The van der Waals surface area contributed by atoms with Crippen molar-refractivity contribution in [1.82, 2.24) is 4.98 Å². The highest BCUT2D eigenvalue weighted by molar-refractivity contribution is 6.51. The molecule has 7 nitrogen and oxygen atoms in total. The molecule has 1 atom stereocenters. The summed E-state index contributed by atoms with van der Waals surface area (Å²) in [6.07, 6.45) is 3.11. The van der Waals surface area contributed by atoms with Crippen molar-refractivity contribution in [3.05, 3.63) is 94.8 Å². The van der Waals surface area contributed by atoms with Gasteiger partial charge in [0, 0.05) is 18.1 Å². The van der Waals surface area contributed by atoms with Crippen LogP contribution in [0.3, 0.4) is 0 Å². The molecule has 4 rings (SSSR count). The molecule has 1 fully saturated rings. The second-order valence-electron chi connectivity index (χ2n) is 7.31. The zero-order valence-corrected chi connectivity index (χ0v) is 17.4. The summed E-state index contributed by atoms with van der Waals surface area (Å²) in [6.45, 7) is 1.85. The Labute approximate surface area is 184 Å². The average Bonchev–Trinajstić information content (AvgIpc) is 3.09. The van der Waals surface area contributed by atoms with Gasteiger partial charge in [0.2, 0.25) is 0 Å². The Kier molecular flexibility index (Phi) is 5.44. The van der Waals surface area contributed by atoms with Crippen molar-refractivity contribution in [3.63, 3.8) is 0 Å². The van der Waals surface area contributed by atoms with E-state index in [0.29, 0.717) is 28.1 Å². The zero-order chi connectivity index (χ0) is 22.8. The molecule has 1 saturated heterocycles. The summed E-state index contributed by atoms with van der Waals surface area (Å²) in [7, 11) is 1.47. The Hall–Kier alpha value is -4.44. The summed E-state index contributed by atoms with van der Waals surface area (Å²) in [4.78, 5) is 31.7. The third-order valence-electron chi connectivity index (χ3n) is 5.35. The molecule has 0 spiro atoms. The van der Waals surface area contributed by atoms with Crippen molar-refractivity contribution >= 4 is 23.1 Å². The van der Waals surface area contributed by atoms with Gasteiger partial charge in [0.15, 0.2) is 0 Å². The number of methoxy groups -OCH3 is 1. The van der Waals surface area contributed by atoms with E-state index in [2.05, 4.69) is 4.98 Å². The van der Waals surface area contributed by atoms with Gasteiger partial charge in [0.05, 0.1) is 35.9 Å². The number of nitrogens with zero attached hydrogens (tertiary/aromatic N) is 3. The lowest BCUT2D eigenvalue weighted by molar-refractivity contribution is -0.132. The lowest BCUT2D eigenvalue weighted by atomic mass is 9.95. The number of hydrogen-bond acceptors (Lipinski definition) is 6. The summed E-state index contributed by atoms with van der Waals surface area (Å²) in [5.41, 5.74) is 2.60. The largest absolute Gasteiger partial charge is 0.507 e. The number of aliphatic hydroxyl groups excluding tert-OH is 1. The van der Waals surface area contributed by atoms with Crippen LogP contribution in [0.2, 0.25) is 0 Å². The predicted molar refractivity (Wildman–Crippen MR) is 118 cm³/mol. The Morgan fingerprint density at radius 2 is 1.78 bits per heavy atom. The SMILES string of the molecule is COc1ccc(C)cc1/C(O)=C1\C(=O)C(=O)N(c2ccc(C#N)cc2)C1c1ccncc1. The van der Waals surface area contributed by atoms with Crippen molar-refractivity contribution in [3.8, 4) is 11.8 Å². The van der Waals surface area contributed by atoms with Gasteiger partial charge in [-0.1, -0.05) is 11.6 Å². The summed E-state index contributed by atoms with van der Waals surface area (Å²) in [5, 5.41) is 20.4. The molecule has 2 heterocycles. The molecule has 0 radical (unpaired) electrons. The molecule has 32 heavy (non-hydrogen) atoms. The number of aromatic nitrogens is 1. The van der Waals surface area contributed by atoms with E-state index in [1.54, 1.807) is 60.9 Å². The van der Waals surface area contributed by atoms with Gasteiger partial charge in [-0.25, -0.2) is 0 Å². The van der Waals surface area contributed by atoms with Gasteiger partial charge < -0.3 is 9.84 Å². The van der Waals surface area contributed by atoms with Crippen LogP contribution in [0.5, 0.6) is 5.75 Å². The van der Waals surface area contributed by atoms with Crippen LogP contribution >= 0.6 is 0 Å². The fraction of sp³-hybridized carbons (Fsp3) is 0.120. The molecular formula is C25H19N3O4. The Morgan fingerprint density at radius 1 is 1.09 bits per heavy atom. The molecule has 0 aliphatic carbocycles. The van der Waals surface area contributed by atoms with Crippen molar-refractivity contribution < 1.29 is 19.4 Å². The van der Waals surface area contributed by atoms with Gasteiger partial charge in [0.25, 0.3) is 11.7 Å². The summed E-state index contributed by atoms with van der Waals surface area (Å²) in [5.74, 6) is -1.52. The standard InChI is InChI=1S/C25H19N3O4/c1-15-3-8-20(32-2)19(13-15)23(29)21-22(17-9-11-27-12-10-17)28(25(31)24(21)30)18-6-4-16(14-26)5-7-18/h3-13,22,29H,1-2H3/b23-21+. The van der Waals surface area contributed by atoms with Crippen LogP contribution in [-0.2, 0) is 9.59 Å². The highest BCUT2D eigenvalue weighted by Gasteiger charge is 2.47. The maximum Gasteiger partial charge on any atom is 0.300 e. The number of aryl methyl sites for hydroxylation is 1. The van der Waals surface area contributed by atoms with E-state index in [1.165, 1.54) is 12.0 Å². The number of Topliss-reactive ketones (excluding diaryl/α,β-unsaturated/α-hetero) is 1. The van der Waals surface area contributed by atoms with Gasteiger partial charge in [-0.2, -0.15) is 5.26 Å². The Bertz CT molecular complexity index is 1270. The van der Waals surface area contributed by atoms with E-state index in [-0.39, 0.29) is 11.3 Å². The number of benzene rings is 2. The zero-order valence-electron chi connectivity index (χ0n) is 17.4. The molecule has 1 amide bonds. The van der Waals surface area contributed by atoms with Crippen LogP contribution in [0.15, 0.2) is 72.6 Å². The van der Waals surface area contributed by atoms with Crippen molar-refractivity contribution in [2.75, 3.05) is 12.0 Å². The lowest BCUT2D eigenvalue weighted by Crippen LogP contribution is -2.29. The molecule has 1 unspecified atom stereocenters. The second kappa shape index (κ2) is 8.36. The molecule has 1 aliphatic rings. The lowest BCUT2D eigenvalue weighted by Gasteiger charge is -2.25. The maximum absolute atomic E-state index is 13.2. The fourth-order valence-corrected chi connectivity index (χ4v) is 3.81. The first kappa shape index (κ1) is 20.8. The highest BCUT2D eigenvalue weighted by atomic mass is 16.5. The molecule has 1 aromatic heterocycles. The first-order chi connectivity index (χ1) is 15.5. The number of ketones is 1. The van der Waals surface area contributed by atoms with Gasteiger partial charge in [-0.05, 0) is 61.0 Å². The molecule has 1 aliphatic heterocycles. The number of nitriles is 1. The number of hydrogen-bond donors (Lipinski definition) is 1. The number of aliphatic hydroxyl groups is 1. The van der Waals surface area contributed by atoms with Gasteiger partial charge >= 0.3 is 0 Å². The molecule has 7 heteroatoms. The molecule has 158 valence electrons. The fourth-order valence-electron chi connectivity index (χ4n) is 3.81. The van der Waals surface area contributed by atoms with Crippen LogP contribution < -0.4 is 9.64 Å². The smallest absolute Gasteiger partial charge is 0.300 e. The number of carbonyl (C=O) groups excluding carboxylic acids is 2. The Balaban J connectivity index is 1.96. The Morgan fingerprint density at radius 3 is 2.41 bits per heavy atom. The van der Waals surface area contributed by atoms with E-state index in [0.717, 1.165) is 5.56 Å². The summed E-state index contributed by atoms with van der Waals surface area (Å²) >= 11 is 0. The van der Waals surface area contributed by atoms with E-state index in [4.69, 9.17) is 10.00 Å². The second-order valence-corrected chi connectivity index (χ2v) is 7.31. The number of carbonyl (C=O) groups is 2. The van der Waals surface area contributed by atoms with E-state index in [9.17, 15) is 14.7 Å². The molecule has 0 saturated carbocycles. The highest BCUT2D eigenvalue weighted by Crippen LogP contribution is 2.43. The normalized spacial score (nSPS) is 17.3. The molecule has 0 bridgehead atoms. The topological polar surface area (TPSA) is 104 Å². The van der Waals surface area contributed by atoms with Crippen molar-refractivity contribution in [2.24, 2.45) is 0 Å². The molecule has 1 N–H and O–H groups in total. The average molecular weight is 425 g/mol. The number of amides is 1. The van der Waals surface area contributed by atoms with Crippen LogP contribution in [-0.4, -0.2) is 28.9 Å². The summed E-state index contributed by atoms with van der Waals surface area (Å²) in [6, 6.07) is 16.1. The molecular weight excluding hydrogens is 406 g/mol. The van der Waals surface area contributed by atoms with Crippen molar-refractivity contribution in [1.29, 1.82) is 5.26 Å². The molecule has 3 aromatic rings. The van der Waals surface area contributed by atoms with E-state index >= 15 is 0 Å². The quantitative estimate of drug-likeness (QED) is 0.386. The van der Waals surface area contributed by atoms with Crippen LogP contribution in [0.25, 0.3) is 5.76 Å². The van der Waals surface area contributed by atoms with E-state index in [1.807, 2.05) is 19.1 Å². The van der Waals surface area contributed by atoms with Gasteiger partial charge in [-0.15, -0.1) is 0 Å². The predicted octanol–water partition coefficient (Wildman–Crippen LogP) is 3.90. The number of pyridine rings is 1. The number of anilines is 1. The van der Waals surface area contributed by atoms with Gasteiger partial charge in [-0.3, -0.25) is 19.5 Å². The van der Waals surface area contributed by atoms with Crippen molar-refractivity contribution in [2.45, 2.75) is 13.0 Å². The monoisotopic (exact) mass is 425 g/mol. The summed E-state index contributed by atoms with van der Waals surface area (Å²) < 4.78 is 5.38. The minimum Gasteiger partial charge on any atom is -0.507 e. The van der Waals surface area contributed by atoms with E-state index < -0.39 is 17.7 Å². The van der Waals surface area contributed by atoms with Gasteiger partial charge in [0.1, 0.15) is 11.5 Å². The minimum absolute atomic E-state index is 0.0468. The minimum atomic E-state index is -0.879. The van der Waals surface area contributed by atoms with Crippen LogP contribution in [0, 0.1) is 18.3 Å². The first-order valence-corrected chi connectivity index (χ1v) is 9.82. The van der Waals surface area contributed by atoms with Crippen LogP contribution in [0.4, 0.5) is 5.69 Å². The van der Waals surface area contributed by atoms with Crippen LogP contribution in [0.1, 0.15) is 28.3 Å². The third-order valence-corrected chi connectivity index (χ3v) is 5.35.